The molecule has 1 aliphatic heterocycles. The summed E-state index contributed by atoms with van der Waals surface area (Å²) in [4.78, 5) is 17.0. The van der Waals surface area contributed by atoms with E-state index in [1.165, 1.54) is 5.69 Å². The van der Waals surface area contributed by atoms with Crippen LogP contribution in [-0.2, 0) is 11.3 Å². The van der Waals surface area contributed by atoms with E-state index >= 15 is 0 Å². The average molecular weight is 323 g/mol. The first kappa shape index (κ1) is 16.5. The van der Waals surface area contributed by atoms with E-state index in [1.807, 2.05) is 43.3 Å². The first-order valence-electron chi connectivity index (χ1n) is 8.60. The van der Waals surface area contributed by atoms with Crippen LogP contribution in [0.4, 0.5) is 5.69 Å². The van der Waals surface area contributed by atoms with Gasteiger partial charge in [-0.2, -0.15) is 0 Å². The predicted molar refractivity (Wildman–Crippen MR) is 98.0 cm³/mol. The number of para-hydroxylation sites is 1. The van der Waals surface area contributed by atoms with Crippen molar-refractivity contribution in [1.29, 1.82) is 0 Å². The predicted octanol–water partition coefficient (Wildman–Crippen LogP) is 2.51. The van der Waals surface area contributed by atoms with Crippen molar-refractivity contribution in [2.45, 2.75) is 19.5 Å². The van der Waals surface area contributed by atoms with E-state index in [1.54, 1.807) is 0 Å². The molecule has 0 radical (unpaired) electrons. The van der Waals surface area contributed by atoms with Gasteiger partial charge in [0.2, 0.25) is 5.91 Å². The molecule has 4 nitrogen and oxygen atoms in total. The normalized spacial score (nSPS) is 16.6. The van der Waals surface area contributed by atoms with Gasteiger partial charge in [-0.3, -0.25) is 9.69 Å². The molecule has 1 amide bonds. The molecule has 4 heteroatoms. The number of piperazine rings is 1. The van der Waals surface area contributed by atoms with Gasteiger partial charge in [-0.1, -0.05) is 48.5 Å². The summed E-state index contributed by atoms with van der Waals surface area (Å²) >= 11 is 0. The Bertz CT molecular complexity index is 636. The van der Waals surface area contributed by atoms with Gasteiger partial charge in [0.25, 0.3) is 0 Å². The highest BCUT2D eigenvalue weighted by Crippen LogP contribution is 2.16. The summed E-state index contributed by atoms with van der Waals surface area (Å²) in [5, 5.41) is 3.04. The van der Waals surface area contributed by atoms with Crippen LogP contribution in [0.15, 0.2) is 60.7 Å². The van der Waals surface area contributed by atoms with Crippen LogP contribution >= 0.6 is 0 Å². The molecule has 1 atom stereocenters. The standard InChI is InChI=1S/C20H25N3O/c1-17(20(24)21-16-18-8-4-2-5-9-18)22-12-14-23(15-13-22)19-10-6-3-7-11-19/h2-11,17H,12-16H2,1H3,(H,21,24)/t17-/m0/s1. The highest BCUT2D eigenvalue weighted by Gasteiger charge is 2.25. The Morgan fingerprint density at radius 3 is 2.17 bits per heavy atom. The maximum Gasteiger partial charge on any atom is 0.237 e. The van der Waals surface area contributed by atoms with Gasteiger partial charge >= 0.3 is 0 Å². The molecular weight excluding hydrogens is 298 g/mol. The van der Waals surface area contributed by atoms with Gasteiger partial charge < -0.3 is 10.2 Å². The van der Waals surface area contributed by atoms with E-state index in [4.69, 9.17) is 0 Å². The summed E-state index contributed by atoms with van der Waals surface area (Å²) in [6.45, 7) is 6.33. The Labute approximate surface area is 144 Å². The smallest absolute Gasteiger partial charge is 0.237 e. The minimum Gasteiger partial charge on any atom is -0.369 e. The Morgan fingerprint density at radius 2 is 1.54 bits per heavy atom. The fourth-order valence-corrected chi connectivity index (χ4v) is 3.10. The van der Waals surface area contributed by atoms with E-state index in [0.29, 0.717) is 6.54 Å². The SMILES string of the molecule is C[C@@H](C(=O)NCc1ccccc1)N1CCN(c2ccccc2)CC1. The molecule has 1 aliphatic rings. The molecule has 0 bridgehead atoms. The molecule has 1 saturated heterocycles. The molecule has 0 aliphatic carbocycles. The third kappa shape index (κ3) is 4.15. The van der Waals surface area contributed by atoms with Crippen molar-refractivity contribution >= 4 is 11.6 Å². The highest BCUT2D eigenvalue weighted by molar-refractivity contribution is 5.81. The van der Waals surface area contributed by atoms with Crippen LogP contribution in [0.25, 0.3) is 0 Å². The number of rotatable bonds is 5. The Balaban J connectivity index is 1.47. The van der Waals surface area contributed by atoms with E-state index in [0.717, 1.165) is 31.7 Å². The minimum absolute atomic E-state index is 0.0911. The molecule has 1 heterocycles. The monoisotopic (exact) mass is 323 g/mol. The number of hydrogen-bond donors (Lipinski definition) is 1. The Hall–Kier alpha value is -2.33. The van der Waals surface area contributed by atoms with E-state index < -0.39 is 0 Å². The zero-order valence-corrected chi connectivity index (χ0v) is 14.2. The van der Waals surface area contributed by atoms with Crippen molar-refractivity contribution in [2.75, 3.05) is 31.1 Å². The summed E-state index contributed by atoms with van der Waals surface area (Å²) in [6.07, 6.45) is 0. The summed E-state index contributed by atoms with van der Waals surface area (Å²) in [5.41, 5.74) is 2.39. The zero-order valence-electron chi connectivity index (χ0n) is 14.2. The van der Waals surface area contributed by atoms with Crippen LogP contribution in [-0.4, -0.2) is 43.0 Å². The molecule has 1 fully saturated rings. The number of carbonyl (C=O) groups is 1. The molecule has 1 N–H and O–H groups in total. The van der Waals surface area contributed by atoms with E-state index in [9.17, 15) is 4.79 Å². The van der Waals surface area contributed by atoms with Gasteiger partial charge in [0, 0.05) is 38.4 Å². The lowest BCUT2D eigenvalue weighted by atomic mass is 10.2. The van der Waals surface area contributed by atoms with Crippen LogP contribution in [0, 0.1) is 0 Å². The van der Waals surface area contributed by atoms with E-state index in [-0.39, 0.29) is 11.9 Å². The number of carbonyl (C=O) groups excluding carboxylic acids is 1. The number of nitrogens with zero attached hydrogens (tertiary/aromatic N) is 2. The summed E-state index contributed by atoms with van der Waals surface area (Å²) < 4.78 is 0. The van der Waals surface area contributed by atoms with Gasteiger partial charge in [-0.05, 0) is 24.6 Å². The second-order valence-electron chi connectivity index (χ2n) is 6.24. The minimum atomic E-state index is -0.0911. The Kier molecular flexibility index (Phi) is 5.49. The van der Waals surface area contributed by atoms with Crippen molar-refractivity contribution in [2.24, 2.45) is 0 Å². The molecule has 2 aromatic rings. The maximum atomic E-state index is 12.4. The number of anilines is 1. The van der Waals surface area contributed by atoms with Crippen LogP contribution in [0.5, 0.6) is 0 Å². The maximum absolute atomic E-state index is 12.4. The number of benzene rings is 2. The van der Waals surface area contributed by atoms with Crippen molar-refractivity contribution in [3.63, 3.8) is 0 Å². The highest BCUT2D eigenvalue weighted by atomic mass is 16.2. The number of hydrogen-bond acceptors (Lipinski definition) is 3. The van der Waals surface area contributed by atoms with Crippen molar-refractivity contribution in [3.8, 4) is 0 Å². The second-order valence-corrected chi connectivity index (χ2v) is 6.24. The van der Waals surface area contributed by atoms with Gasteiger partial charge in [0.05, 0.1) is 6.04 Å². The second kappa shape index (κ2) is 7.97. The molecule has 24 heavy (non-hydrogen) atoms. The number of amides is 1. The third-order valence-corrected chi connectivity index (χ3v) is 4.67. The van der Waals surface area contributed by atoms with Crippen LogP contribution < -0.4 is 10.2 Å². The van der Waals surface area contributed by atoms with Crippen molar-refractivity contribution < 1.29 is 4.79 Å². The summed E-state index contributed by atoms with van der Waals surface area (Å²) in [6, 6.07) is 20.4. The Morgan fingerprint density at radius 1 is 0.958 bits per heavy atom. The first-order valence-corrected chi connectivity index (χ1v) is 8.60. The van der Waals surface area contributed by atoms with Crippen LogP contribution in [0.2, 0.25) is 0 Å². The molecule has 126 valence electrons. The molecule has 2 aromatic carbocycles. The largest absolute Gasteiger partial charge is 0.369 e. The van der Waals surface area contributed by atoms with Crippen molar-refractivity contribution in [1.82, 2.24) is 10.2 Å². The van der Waals surface area contributed by atoms with Crippen molar-refractivity contribution in [3.05, 3.63) is 66.2 Å². The summed E-state index contributed by atoms with van der Waals surface area (Å²) in [5.74, 6) is 0.104. The molecule has 0 unspecified atom stereocenters. The van der Waals surface area contributed by atoms with Gasteiger partial charge in [0.1, 0.15) is 0 Å². The molecular formula is C20H25N3O. The number of nitrogens with one attached hydrogen (secondary N) is 1. The van der Waals surface area contributed by atoms with Gasteiger partial charge in [-0.15, -0.1) is 0 Å². The quantitative estimate of drug-likeness (QED) is 0.918. The van der Waals surface area contributed by atoms with E-state index in [2.05, 4.69) is 39.4 Å². The molecule has 0 saturated carbocycles. The lowest BCUT2D eigenvalue weighted by Crippen LogP contribution is -2.53. The fourth-order valence-electron chi connectivity index (χ4n) is 3.10. The first-order chi connectivity index (χ1) is 11.7. The lowest BCUT2D eigenvalue weighted by molar-refractivity contribution is -0.126. The van der Waals surface area contributed by atoms with Gasteiger partial charge in [-0.25, -0.2) is 0 Å². The zero-order chi connectivity index (χ0) is 16.8. The topological polar surface area (TPSA) is 35.6 Å². The lowest BCUT2D eigenvalue weighted by Gasteiger charge is -2.38. The molecule has 0 spiro atoms. The molecule has 0 aromatic heterocycles. The molecule has 3 rings (SSSR count). The summed E-state index contributed by atoms with van der Waals surface area (Å²) in [7, 11) is 0. The third-order valence-electron chi connectivity index (χ3n) is 4.67. The fraction of sp³-hybridized carbons (Fsp3) is 0.350. The van der Waals surface area contributed by atoms with Gasteiger partial charge in [0.15, 0.2) is 0 Å². The van der Waals surface area contributed by atoms with Crippen LogP contribution in [0.1, 0.15) is 12.5 Å². The van der Waals surface area contributed by atoms with Crippen LogP contribution in [0.3, 0.4) is 0 Å². The average Bonchev–Trinajstić information content (AvgIpc) is 2.67.